The molecule has 4 nitrogen and oxygen atoms in total. The number of hydrogen-bond donors (Lipinski definition) is 3. The molecule has 0 bridgehead atoms. The number of fused-ring (bicyclic) bond motifs is 1. The zero-order valence-corrected chi connectivity index (χ0v) is 19.4. The van der Waals surface area contributed by atoms with Crippen molar-refractivity contribution < 1.29 is 9.50 Å². The second-order valence-electron chi connectivity index (χ2n) is 9.17. The number of halogens is 2. The van der Waals surface area contributed by atoms with Crippen molar-refractivity contribution in [3.05, 3.63) is 117 Å². The number of hydrogen-bond acceptors (Lipinski definition) is 3. The summed E-state index contributed by atoms with van der Waals surface area (Å²) in [5.74, 6) is -0.974. The Kier molecular flexibility index (Phi) is 6.26. The van der Waals surface area contributed by atoms with Crippen LogP contribution < -0.4 is 10.9 Å². The summed E-state index contributed by atoms with van der Waals surface area (Å²) < 4.78 is 14.0. The van der Waals surface area contributed by atoms with Crippen LogP contribution in [0.1, 0.15) is 35.4 Å². The summed E-state index contributed by atoms with van der Waals surface area (Å²) in [6, 6.07) is 23.4. The van der Waals surface area contributed by atoms with Crippen LogP contribution in [-0.4, -0.2) is 28.3 Å². The summed E-state index contributed by atoms with van der Waals surface area (Å²) in [5, 5.41) is 16.8. The summed E-state index contributed by atoms with van der Waals surface area (Å²) in [4.78, 5) is 16.1. The molecule has 0 spiro atoms. The minimum absolute atomic E-state index is 0.0490. The van der Waals surface area contributed by atoms with Crippen LogP contribution in [0.15, 0.2) is 83.7 Å². The maximum atomic E-state index is 14.0. The molecule has 5 rings (SSSR count). The Morgan fingerprint density at radius 3 is 2.59 bits per heavy atom. The highest BCUT2D eigenvalue weighted by molar-refractivity contribution is 6.30. The van der Waals surface area contributed by atoms with Crippen LogP contribution in [0.4, 0.5) is 4.39 Å². The predicted octanol–water partition coefficient (Wildman–Crippen LogP) is 5.18. The average Bonchev–Trinajstić information content (AvgIpc) is 2.82. The molecule has 34 heavy (non-hydrogen) atoms. The first kappa shape index (κ1) is 22.8. The van der Waals surface area contributed by atoms with Crippen LogP contribution in [0.3, 0.4) is 0 Å². The van der Waals surface area contributed by atoms with Crippen molar-refractivity contribution in [2.75, 3.05) is 6.54 Å². The Balaban J connectivity index is 1.59. The van der Waals surface area contributed by atoms with Crippen molar-refractivity contribution in [2.24, 2.45) is 0 Å². The van der Waals surface area contributed by atoms with Gasteiger partial charge in [0.2, 0.25) is 0 Å². The molecule has 1 fully saturated rings. The Morgan fingerprint density at radius 2 is 1.82 bits per heavy atom. The van der Waals surface area contributed by atoms with Crippen molar-refractivity contribution in [2.45, 2.75) is 36.8 Å². The maximum Gasteiger partial charge on any atom is 0.252 e. The molecule has 1 saturated heterocycles. The van der Waals surface area contributed by atoms with E-state index < -0.39 is 11.5 Å². The van der Waals surface area contributed by atoms with E-state index in [2.05, 4.69) is 22.4 Å². The summed E-state index contributed by atoms with van der Waals surface area (Å²) in [6.07, 6.45) is 1.72. The number of nitrogens with one attached hydrogen (secondary N) is 2. The van der Waals surface area contributed by atoms with Crippen LogP contribution in [0, 0.1) is 5.82 Å². The lowest BCUT2D eigenvalue weighted by molar-refractivity contribution is -0.0188. The predicted molar refractivity (Wildman–Crippen MR) is 134 cm³/mol. The van der Waals surface area contributed by atoms with Gasteiger partial charge in [-0.25, -0.2) is 4.39 Å². The Morgan fingerprint density at radius 1 is 1.06 bits per heavy atom. The first-order valence-electron chi connectivity index (χ1n) is 11.5. The van der Waals surface area contributed by atoms with E-state index >= 15 is 0 Å². The van der Waals surface area contributed by atoms with Crippen LogP contribution in [0.5, 0.6) is 0 Å². The molecule has 1 aliphatic rings. The average molecular weight is 477 g/mol. The lowest BCUT2D eigenvalue weighted by Gasteiger charge is -2.43. The van der Waals surface area contributed by atoms with Crippen molar-refractivity contribution >= 4 is 22.5 Å². The minimum atomic E-state index is -1.17. The summed E-state index contributed by atoms with van der Waals surface area (Å²) in [5.41, 5.74) is 1.50. The summed E-state index contributed by atoms with van der Waals surface area (Å²) >= 11 is 6.14. The Labute approximate surface area is 202 Å². The Bertz CT molecular complexity index is 1360. The van der Waals surface area contributed by atoms with Gasteiger partial charge in [0, 0.05) is 33.4 Å². The molecule has 1 aliphatic heterocycles. The van der Waals surface area contributed by atoms with Gasteiger partial charge < -0.3 is 15.4 Å². The zero-order chi connectivity index (χ0) is 23.7. The highest BCUT2D eigenvalue weighted by atomic mass is 35.5. The maximum absolute atomic E-state index is 14.0. The normalized spacial score (nSPS) is 21.4. The number of aliphatic hydroxyl groups is 1. The smallest absolute Gasteiger partial charge is 0.252 e. The fraction of sp³-hybridized carbons (Fsp3) is 0.250. The summed E-state index contributed by atoms with van der Waals surface area (Å²) in [6.45, 7) is 0.623. The molecule has 174 valence electrons. The molecule has 0 aliphatic carbocycles. The molecule has 3 aromatic carbocycles. The third kappa shape index (κ3) is 4.64. The highest BCUT2D eigenvalue weighted by Gasteiger charge is 2.43. The van der Waals surface area contributed by atoms with Crippen LogP contribution >= 0.6 is 11.6 Å². The largest absolute Gasteiger partial charge is 0.389 e. The summed E-state index contributed by atoms with van der Waals surface area (Å²) in [7, 11) is 0. The number of piperidine rings is 1. The minimum Gasteiger partial charge on any atom is -0.389 e. The molecule has 0 saturated carbocycles. The first-order chi connectivity index (χ1) is 16.4. The number of aromatic amines is 1. The number of pyridine rings is 1. The molecule has 3 N–H and O–H groups in total. The van der Waals surface area contributed by atoms with Gasteiger partial charge >= 0.3 is 0 Å². The lowest BCUT2D eigenvalue weighted by Crippen LogP contribution is -2.52. The van der Waals surface area contributed by atoms with Crippen LogP contribution in [0.25, 0.3) is 10.9 Å². The molecule has 6 heteroatoms. The van der Waals surface area contributed by atoms with Gasteiger partial charge in [-0.2, -0.15) is 0 Å². The van der Waals surface area contributed by atoms with E-state index in [-0.39, 0.29) is 17.4 Å². The molecule has 3 atom stereocenters. The van der Waals surface area contributed by atoms with Gasteiger partial charge in [0.15, 0.2) is 0 Å². The SMILES string of the molecule is O=c1[nH]c2ccc(F)cc2cc1C(c1ccc(Cl)cc1)C1(O)CCNC(Cc2ccccc2)C1. The standard InChI is InChI=1S/C28H26ClFN2O2/c29-21-8-6-19(7-9-21)26(24-16-20-15-22(30)10-11-25(20)32-27(24)33)28(34)12-13-31-23(17-28)14-18-4-2-1-3-5-18/h1-11,15-16,23,26,31,34H,12-14,17H2,(H,32,33). The fourth-order valence-electron chi connectivity index (χ4n) is 5.24. The molecule has 3 unspecified atom stereocenters. The monoisotopic (exact) mass is 476 g/mol. The molecule has 1 aromatic heterocycles. The van der Waals surface area contributed by atoms with E-state index in [1.807, 2.05) is 30.3 Å². The van der Waals surface area contributed by atoms with Crippen molar-refractivity contribution in [1.82, 2.24) is 10.3 Å². The molecular weight excluding hydrogens is 451 g/mol. The number of rotatable bonds is 5. The van der Waals surface area contributed by atoms with E-state index in [4.69, 9.17) is 11.6 Å². The third-order valence-electron chi connectivity index (χ3n) is 6.80. The second kappa shape index (κ2) is 9.34. The van der Waals surface area contributed by atoms with Gasteiger partial charge in [-0.3, -0.25) is 4.79 Å². The van der Waals surface area contributed by atoms with E-state index in [1.54, 1.807) is 24.3 Å². The second-order valence-corrected chi connectivity index (χ2v) is 9.60. The van der Waals surface area contributed by atoms with E-state index in [0.717, 1.165) is 12.0 Å². The molecule has 4 aromatic rings. The number of aromatic nitrogens is 1. The zero-order valence-electron chi connectivity index (χ0n) is 18.6. The van der Waals surface area contributed by atoms with Crippen molar-refractivity contribution in [3.8, 4) is 0 Å². The van der Waals surface area contributed by atoms with Gasteiger partial charge in [0.1, 0.15) is 5.82 Å². The first-order valence-corrected chi connectivity index (χ1v) is 11.9. The van der Waals surface area contributed by atoms with Gasteiger partial charge in [-0.15, -0.1) is 0 Å². The quantitative estimate of drug-likeness (QED) is 0.372. The van der Waals surface area contributed by atoms with E-state index in [0.29, 0.717) is 40.9 Å². The number of benzene rings is 3. The Hall–Kier alpha value is -2.99. The van der Waals surface area contributed by atoms with E-state index in [1.165, 1.54) is 17.7 Å². The van der Waals surface area contributed by atoms with Gasteiger partial charge in [0.05, 0.1) is 5.60 Å². The fourth-order valence-corrected chi connectivity index (χ4v) is 5.37. The lowest BCUT2D eigenvalue weighted by atomic mass is 9.70. The molecule has 0 radical (unpaired) electrons. The third-order valence-corrected chi connectivity index (χ3v) is 7.05. The van der Waals surface area contributed by atoms with Crippen molar-refractivity contribution in [3.63, 3.8) is 0 Å². The van der Waals surface area contributed by atoms with Crippen LogP contribution in [0.2, 0.25) is 5.02 Å². The van der Waals surface area contributed by atoms with Crippen LogP contribution in [-0.2, 0) is 6.42 Å². The topological polar surface area (TPSA) is 65.1 Å². The van der Waals surface area contributed by atoms with Gasteiger partial charge in [-0.05, 0) is 73.3 Å². The molecule has 0 amide bonds. The molecule has 2 heterocycles. The highest BCUT2D eigenvalue weighted by Crippen LogP contribution is 2.41. The van der Waals surface area contributed by atoms with Gasteiger partial charge in [0.25, 0.3) is 5.56 Å². The number of H-pyrrole nitrogens is 1. The van der Waals surface area contributed by atoms with Crippen molar-refractivity contribution in [1.29, 1.82) is 0 Å². The molecular formula is C28H26ClFN2O2. The van der Waals surface area contributed by atoms with E-state index in [9.17, 15) is 14.3 Å². The van der Waals surface area contributed by atoms with Gasteiger partial charge in [-0.1, -0.05) is 54.1 Å².